The Balaban J connectivity index is 2.56. The van der Waals surface area contributed by atoms with Gasteiger partial charge < -0.3 is 4.89 Å². The molecular formula is C8H14O3. The van der Waals surface area contributed by atoms with Gasteiger partial charge in [0.25, 0.3) is 0 Å². The Morgan fingerprint density at radius 1 is 1.36 bits per heavy atom. The molecule has 1 rings (SSSR count). The van der Waals surface area contributed by atoms with Crippen LogP contribution in [0.1, 0.15) is 39.0 Å². The van der Waals surface area contributed by atoms with Gasteiger partial charge in [0.15, 0.2) is 0 Å². The minimum atomic E-state index is -0.475. The zero-order chi connectivity index (χ0) is 8.32. The van der Waals surface area contributed by atoms with Crippen molar-refractivity contribution in [3.63, 3.8) is 0 Å². The summed E-state index contributed by atoms with van der Waals surface area (Å²) in [4.78, 5) is 14.8. The first-order valence-corrected chi connectivity index (χ1v) is 4.05. The van der Waals surface area contributed by atoms with Gasteiger partial charge in [-0.05, 0) is 19.8 Å². The Labute approximate surface area is 66.3 Å². The highest BCUT2D eigenvalue weighted by Gasteiger charge is 2.36. The van der Waals surface area contributed by atoms with Gasteiger partial charge in [0.2, 0.25) is 0 Å². The van der Waals surface area contributed by atoms with Gasteiger partial charge in [0.1, 0.15) is 0 Å². The summed E-state index contributed by atoms with van der Waals surface area (Å²) in [5.74, 6) is -0.475. The van der Waals surface area contributed by atoms with E-state index in [0.29, 0.717) is 0 Å². The molecule has 0 amide bonds. The van der Waals surface area contributed by atoms with Crippen LogP contribution < -0.4 is 0 Å². The molecule has 1 aliphatic rings. The van der Waals surface area contributed by atoms with E-state index in [2.05, 4.69) is 4.89 Å². The van der Waals surface area contributed by atoms with E-state index in [1.54, 1.807) is 0 Å². The standard InChI is InChI=1S/C8H14O3/c1-8(7(9)11-10)5-3-2-4-6-8/h10H,2-6H2,1H3. The Morgan fingerprint density at radius 3 is 2.36 bits per heavy atom. The molecule has 0 aromatic rings. The van der Waals surface area contributed by atoms with Crippen LogP contribution in [-0.4, -0.2) is 11.2 Å². The summed E-state index contributed by atoms with van der Waals surface area (Å²) in [6, 6.07) is 0. The molecule has 0 heterocycles. The molecule has 0 spiro atoms. The molecule has 0 aliphatic heterocycles. The fraction of sp³-hybridized carbons (Fsp3) is 0.875. The van der Waals surface area contributed by atoms with Crippen molar-refractivity contribution in [3.05, 3.63) is 0 Å². The van der Waals surface area contributed by atoms with Crippen LogP contribution in [0.2, 0.25) is 0 Å². The van der Waals surface area contributed by atoms with Gasteiger partial charge in [0.05, 0.1) is 5.41 Å². The first-order valence-electron chi connectivity index (χ1n) is 4.05. The summed E-state index contributed by atoms with van der Waals surface area (Å²) in [5, 5.41) is 8.20. The highest BCUT2D eigenvalue weighted by molar-refractivity contribution is 5.75. The molecule has 0 atom stereocenters. The van der Waals surface area contributed by atoms with Gasteiger partial charge in [-0.3, -0.25) is 0 Å². The predicted octanol–water partition coefficient (Wildman–Crippen LogP) is 1.97. The van der Waals surface area contributed by atoms with Crippen molar-refractivity contribution in [2.45, 2.75) is 39.0 Å². The topological polar surface area (TPSA) is 46.5 Å². The van der Waals surface area contributed by atoms with Crippen LogP contribution in [0.5, 0.6) is 0 Å². The highest BCUT2D eigenvalue weighted by Crippen LogP contribution is 2.36. The Bertz CT molecular complexity index is 147. The summed E-state index contributed by atoms with van der Waals surface area (Å²) < 4.78 is 0. The third kappa shape index (κ3) is 1.71. The number of hydrogen-bond acceptors (Lipinski definition) is 3. The van der Waals surface area contributed by atoms with E-state index in [4.69, 9.17) is 5.26 Å². The molecule has 1 fully saturated rings. The quantitative estimate of drug-likeness (QED) is 0.468. The van der Waals surface area contributed by atoms with Gasteiger partial charge >= 0.3 is 5.97 Å². The summed E-state index contributed by atoms with van der Waals surface area (Å²) >= 11 is 0. The molecule has 0 saturated heterocycles. The summed E-state index contributed by atoms with van der Waals surface area (Å²) in [6.45, 7) is 1.85. The van der Waals surface area contributed by atoms with Crippen LogP contribution in [0.4, 0.5) is 0 Å². The van der Waals surface area contributed by atoms with Crippen LogP contribution in [0.3, 0.4) is 0 Å². The molecule has 1 saturated carbocycles. The highest BCUT2D eigenvalue weighted by atomic mass is 17.1. The summed E-state index contributed by atoms with van der Waals surface area (Å²) in [5.41, 5.74) is -0.424. The third-order valence-electron chi connectivity index (χ3n) is 2.53. The van der Waals surface area contributed by atoms with Crippen molar-refractivity contribution in [2.24, 2.45) is 5.41 Å². The van der Waals surface area contributed by atoms with E-state index in [1.807, 2.05) is 6.92 Å². The minimum Gasteiger partial charge on any atom is -0.300 e. The van der Waals surface area contributed by atoms with Gasteiger partial charge in [0, 0.05) is 0 Å². The van der Waals surface area contributed by atoms with Gasteiger partial charge in [-0.15, -0.1) is 0 Å². The molecule has 0 aromatic heterocycles. The summed E-state index contributed by atoms with van der Waals surface area (Å²) in [6.07, 6.45) is 4.99. The normalized spacial score (nSPS) is 22.7. The van der Waals surface area contributed by atoms with E-state index in [-0.39, 0.29) is 0 Å². The Kier molecular flexibility index (Phi) is 2.49. The van der Waals surface area contributed by atoms with E-state index in [9.17, 15) is 4.79 Å². The van der Waals surface area contributed by atoms with Crippen LogP contribution in [-0.2, 0) is 9.68 Å². The first kappa shape index (κ1) is 8.53. The SMILES string of the molecule is CC1(C(=O)OO)CCCCC1. The Hall–Kier alpha value is -0.570. The van der Waals surface area contributed by atoms with E-state index in [1.165, 1.54) is 6.42 Å². The lowest BCUT2D eigenvalue weighted by molar-refractivity contribution is -0.246. The smallest absolute Gasteiger partial charge is 0.300 e. The lowest BCUT2D eigenvalue weighted by Gasteiger charge is -2.29. The molecule has 64 valence electrons. The van der Waals surface area contributed by atoms with Gasteiger partial charge in [-0.25, -0.2) is 4.79 Å². The fourth-order valence-corrected chi connectivity index (χ4v) is 1.65. The van der Waals surface area contributed by atoms with E-state index >= 15 is 0 Å². The predicted molar refractivity (Wildman–Crippen MR) is 39.9 cm³/mol. The monoisotopic (exact) mass is 158 g/mol. The van der Waals surface area contributed by atoms with Crippen LogP contribution in [0.25, 0.3) is 0 Å². The number of carbonyl (C=O) groups excluding carboxylic acids is 1. The fourth-order valence-electron chi connectivity index (χ4n) is 1.65. The zero-order valence-corrected chi connectivity index (χ0v) is 6.80. The maximum absolute atomic E-state index is 11.0. The molecule has 0 radical (unpaired) electrons. The second-order valence-corrected chi connectivity index (χ2v) is 3.50. The van der Waals surface area contributed by atoms with Crippen molar-refractivity contribution < 1.29 is 14.9 Å². The molecule has 1 N–H and O–H groups in total. The van der Waals surface area contributed by atoms with Crippen molar-refractivity contribution >= 4 is 5.97 Å². The molecule has 0 bridgehead atoms. The summed E-state index contributed by atoms with van der Waals surface area (Å²) in [7, 11) is 0. The molecular weight excluding hydrogens is 144 g/mol. The maximum Gasteiger partial charge on any atom is 0.347 e. The lowest BCUT2D eigenvalue weighted by atomic mass is 9.76. The average Bonchev–Trinajstić information content (AvgIpc) is 2.04. The largest absolute Gasteiger partial charge is 0.347 e. The van der Waals surface area contributed by atoms with Crippen LogP contribution in [0, 0.1) is 5.41 Å². The van der Waals surface area contributed by atoms with Gasteiger partial charge in [-0.2, -0.15) is 5.26 Å². The van der Waals surface area contributed by atoms with Crippen LogP contribution >= 0.6 is 0 Å². The lowest BCUT2D eigenvalue weighted by Crippen LogP contribution is -2.31. The van der Waals surface area contributed by atoms with Crippen molar-refractivity contribution in [2.75, 3.05) is 0 Å². The average molecular weight is 158 g/mol. The number of carbonyl (C=O) groups is 1. The van der Waals surface area contributed by atoms with E-state index < -0.39 is 11.4 Å². The molecule has 0 unspecified atom stereocenters. The zero-order valence-electron chi connectivity index (χ0n) is 6.80. The number of hydrogen-bond donors (Lipinski definition) is 1. The van der Waals surface area contributed by atoms with E-state index in [0.717, 1.165) is 25.7 Å². The van der Waals surface area contributed by atoms with Crippen molar-refractivity contribution in [1.29, 1.82) is 0 Å². The molecule has 11 heavy (non-hydrogen) atoms. The molecule has 0 aromatic carbocycles. The third-order valence-corrected chi connectivity index (χ3v) is 2.53. The molecule has 1 aliphatic carbocycles. The van der Waals surface area contributed by atoms with Crippen molar-refractivity contribution in [3.8, 4) is 0 Å². The first-order chi connectivity index (χ1) is 5.19. The Morgan fingerprint density at radius 2 is 1.91 bits per heavy atom. The maximum atomic E-state index is 11.0. The second kappa shape index (κ2) is 3.22. The minimum absolute atomic E-state index is 0.424. The second-order valence-electron chi connectivity index (χ2n) is 3.50. The number of rotatable bonds is 1. The molecule has 3 heteroatoms. The molecule has 3 nitrogen and oxygen atoms in total. The van der Waals surface area contributed by atoms with Gasteiger partial charge in [-0.1, -0.05) is 19.3 Å². The van der Waals surface area contributed by atoms with Crippen molar-refractivity contribution in [1.82, 2.24) is 0 Å². The van der Waals surface area contributed by atoms with Crippen LogP contribution in [0.15, 0.2) is 0 Å².